The van der Waals surface area contributed by atoms with Crippen LogP contribution in [-0.4, -0.2) is 24.3 Å². The van der Waals surface area contributed by atoms with Gasteiger partial charge in [0, 0.05) is 0 Å². The Hall–Kier alpha value is -0.0800. The predicted molar refractivity (Wildman–Crippen MR) is 67.3 cm³/mol. The topological polar surface area (TPSA) is 32.3 Å². The molecule has 1 aliphatic carbocycles. The van der Waals surface area contributed by atoms with Gasteiger partial charge < -0.3 is 10.4 Å². The fourth-order valence-electron chi connectivity index (χ4n) is 3.51. The molecule has 1 heterocycles. The second kappa shape index (κ2) is 6.02. The first-order valence-corrected chi connectivity index (χ1v) is 7.20. The molecule has 2 rings (SSSR count). The Kier molecular flexibility index (Phi) is 4.66. The Balaban J connectivity index is 1.78. The lowest BCUT2D eigenvalue weighted by atomic mass is 9.74. The van der Waals surface area contributed by atoms with Crippen molar-refractivity contribution in [1.82, 2.24) is 5.32 Å². The van der Waals surface area contributed by atoms with Crippen molar-refractivity contribution in [2.24, 2.45) is 17.8 Å². The van der Waals surface area contributed by atoms with Crippen LogP contribution >= 0.6 is 0 Å². The Morgan fingerprint density at radius 1 is 1.00 bits per heavy atom. The largest absolute Gasteiger partial charge is 0.393 e. The lowest BCUT2D eigenvalue weighted by Gasteiger charge is -2.36. The monoisotopic (exact) mass is 225 g/mol. The van der Waals surface area contributed by atoms with Crippen LogP contribution in [-0.2, 0) is 0 Å². The molecule has 2 nitrogen and oxygen atoms in total. The van der Waals surface area contributed by atoms with Gasteiger partial charge in [-0.2, -0.15) is 0 Å². The smallest absolute Gasteiger partial charge is 0.0597 e. The van der Waals surface area contributed by atoms with E-state index in [0.29, 0.717) is 11.8 Å². The van der Waals surface area contributed by atoms with Crippen molar-refractivity contribution < 1.29 is 5.11 Å². The number of nitrogens with one attached hydrogen (secondary N) is 1. The van der Waals surface area contributed by atoms with Crippen LogP contribution in [0.5, 0.6) is 0 Å². The average molecular weight is 225 g/mol. The molecule has 94 valence electrons. The molecule has 1 atom stereocenters. The fraction of sp³-hybridized carbons (Fsp3) is 1.00. The number of piperidine rings is 1. The molecule has 0 radical (unpaired) electrons. The minimum atomic E-state index is -0.0140. The minimum Gasteiger partial charge on any atom is -0.393 e. The second-order valence-electron chi connectivity index (χ2n) is 5.77. The summed E-state index contributed by atoms with van der Waals surface area (Å²) < 4.78 is 0. The molecule has 2 fully saturated rings. The van der Waals surface area contributed by atoms with E-state index in [1.807, 2.05) is 0 Å². The van der Waals surface area contributed by atoms with Crippen LogP contribution in [0.3, 0.4) is 0 Å². The van der Waals surface area contributed by atoms with Crippen LogP contribution in [0, 0.1) is 17.8 Å². The van der Waals surface area contributed by atoms with Crippen molar-refractivity contribution in [3.63, 3.8) is 0 Å². The van der Waals surface area contributed by atoms with E-state index < -0.39 is 0 Å². The van der Waals surface area contributed by atoms with Crippen molar-refractivity contribution in [2.75, 3.05) is 13.1 Å². The molecule has 1 aliphatic heterocycles. The van der Waals surface area contributed by atoms with Gasteiger partial charge in [0.15, 0.2) is 0 Å². The highest BCUT2D eigenvalue weighted by Gasteiger charge is 2.31. The lowest BCUT2D eigenvalue weighted by Crippen LogP contribution is -2.38. The molecule has 0 bridgehead atoms. The van der Waals surface area contributed by atoms with Gasteiger partial charge in [0.05, 0.1) is 6.10 Å². The quantitative estimate of drug-likeness (QED) is 0.773. The molecule has 16 heavy (non-hydrogen) atoms. The Bertz CT molecular complexity index is 193. The first-order chi connectivity index (χ1) is 7.81. The third kappa shape index (κ3) is 2.98. The van der Waals surface area contributed by atoms with Gasteiger partial charge in [0.2, 0.25) is 0 Å². The molecular formula is C14H27NO. The summed E-state index contributed by atoms with van der Waals surface area (Å²) in [6.45, 7) is 4.51. The molecule has 1 unspecified atom stereocenters. The highest BCUT2D eigenvalue weighted by atomic mass is 16.3. The van der Waals surface area contributed by atoms with Gasteiger partial charge in [-0.1, -0.05) is 26.2 Å². The van der Waals surface area contributed by atoms with E-state index >= 15 is 0 Å². The van der Waals surface area contributed by atoms with E-state index in [1.165, 1.54) is 44.9 Å². The maximum Gasteiger partial charge on any atom is 0.0597 e. The Morgan fingerprint density at radius 2 is 1.56 bits per heavy atom. The van der Waals surface area contributed by atoms with Crippen molar-refractivity contribution in [2.45, 2.75) is 58.0 Å². The number of hydrogen-bond acceptors (Lipinski definition) is 2. The van der Waals surface area contributed by atoms with Gasteiger partial charge in [-0.25, -0.2) is 0 Å². The van der Waals surface area contributed by atoms with Crippen molar-refractivity contribution >= 4 is 0 Å². The van der Waals surface area contributed by atoms with E-state index in [4.69, 9.17) is 0 Å². The SMILES string of the molecule is CCC1CCC(C(O)C2CCNCC2)CC1. The van der Waals surface area contributed by atoms with Crippen LogP contribution in [0.15, 0.2) is 0 Å². The van der Waals surface area contributed by atoms with Crippen LogP contribution in [0.4, 0.5) is 0 Å². The summed E-state index contributed by atoms with van der Waals surface area (Å²) in [6.07, 6.45) is 8.90. The number of aliphatic hydroxyl groups is 1. The number of rotatable bonds is 3. The van der Waals surface area contributed by atoms with Gasteiger partial charge in [0.1, 0.15) is 0 Å². The number of aliphatic hydroxyl groups excluding tert-OH is 1. The van der Waals surface area contributed by atoms with Gasteiger partial charge in [-0.3, -0.25) is 0 Å². The zero-order valence-corrected chi connectivity index (χ0v) is 10.6. The zero-order valence-electron chi connectivity index (χ0n) is 10.6. The van der Waals surface area contributed by atoms with Gasteiger partial charge in [-0.05, 0) is 56.5 Å². The first-order valence-electron chi connectivity index (χ1n) is 7.20. The predicted octanol–water partition coefficient (Wildman–Crippen LogP) is 2.56. The average Bonchev–Trinajstić information content (AvgIpc) is 2.39. The lowest BCUT2D eigenvalue weighted by molar-refractivity contribution is 0.0145. The molecule has 0 spiro atoms. The van der Waals surface area contributed by atoms with E-state index in [-0.39, 0.29) is 6.10 Å². The molecule has 0 aromatic carbocycles. The minimum absolute atomic E-state index is 0.0140. The van der Waals surface area contributed by atoms with Gasteiger partial charge in [0.25, 0.3) is 0 Å². The first kappa shape index (κ1) is 12.4. The molecular weight excluding hydrogens is 198 g/mol. The van der Waals surface area contributed by atoms with Crippen molar-refractivity contribution in [3.8, 4) is 0 Å². The molecule has 2 N–H and O–H groups in total. The van der Waals surface area contributed by atoms with Gasteiger partial charge >= 0.3 is 0 Å². The maximum absolute atomic E-state index is 10.4. The van der Waals surface area contributed by atoms with Gasteiger partial charge in [-0.15, -0.1) is 0 Å². The third-order valence-corrected chi connectivity index (χ3v) is 4.82. The van der Waals surface area contributed by atoms with Crippen molar-refractivity contribution in [1.29, 1.82) is 0 Å². The van der Waals surface area contributed by atoms with E-state index in [9.17, 15) is 5.11 Å². The normalized spacial score (nSPS) is 34.9. The maximum atomic E-state index is 10.4. The third-order valence-electron chi connectivity index (χ3n) is 4.82. The fourth-order valence-corrected chi connectivity index (χ4v) is 3.51. The highest BCUT2D eigenvalue weighted by Crippen LogP contribution is 2.35. The molecule has 0 aromatic heterocycles. The van der Waals surface area contributed by atoms with E-state index in [0.717, 1.165) is 19.0 Å². The van der Waals surface area contributed by atoms with Crippen molar-refractivity contribution in [3.05, 3.63) is 0 Å². The van der Waals surface area contributed by atoms with Crippen LogP contribution in [0.25, 0.3) is 0 Å². The number of hydrogen-bond donors (Lipinski definition) is 2. The molecule has 2 heteroatoms. The zero-order chi connectivity index (χ0) is 11.4. The molecule has 0 amide bonds. The molecule has 1 saturated heterocycles. The summed E-state index contributed by atoms with van der Waals surface area (Å²) >= 11 is 0. The van der Waals surface area contributed by atoms with Crippen LogP contribution in [0.1, 0.15) is 51.9 Å². The van der Waals surface area contributed by atoms with Crippen LogP contribution < -0.4 is 5.32 Å². The molecule has 0 aromatic rings. The molecule has 1 saturated carbocycles. The van der Waals surface area contributed by atoms with Crippen LogP contribution in [0.2, 0.25) is 0 Å². The standard InChI is InChI=1S/C14H27NO/c1-2-11-3-5-12(6-4-11)14(16)13-7-9-15-10-8-13/h11-16H,2-10H2,1H3. The summed E-state index contributed by atoms with van der Waals surface area (Å²) in [4.78, 5) is 0. The summed E-state index contributed by atoms with van der Waals surface area (Å²) in [6, 6.07) is 0. The van der Waals surface area contributed by atoms with E-state index in [1.54, 1.807) is 0 Å². The second-order valence-corrected chi connectivity index (χ2v) is 5.77. The highest BCUT2D eigenvalue weighted by molar-refractivity contribution is 4.83. The van der Waals surface area contributed by atoms with E-state index in [2.05, 4.69) is 12.2 Å². The summed E-state index contributed by atoms with van der Waals surface area (Å²) in [7, 11) is 0. The molecule has 2 aliphatic rings. The Labute approximate surface area is 99.8 Å². The summed E-state index contributed by atoms with van der Waals surface area (Å²) in [5, 5.41) is 13.8. The summed E-state index contributed by atoms with van der Waals surface area (Å²) in [5.74, 6) is 2.12. The Morgan fingerprint density at radius 3 is 2.12 bits per heavy atom. The summed E-state index contributed by atoms with van der Waals surface area (Å²) in [5.41, 5.74) is 0.